The Morgan fingerprint density at radius 2 is 1.84 bits per heavy atom. The van der Waals surface area contributed by atoms with Gasteiger partial charge in [0.15, 0.2) is 0 Å². The number of carbonyl (C=O) groups excluding carboxylic acids is 1. The Hall–Kier alpha value is -2.67. The fraction of sp³-hybridized carbons (Fsp3) is 0.333. The Balaban J connectivity index is 1.53. The van der Waals surface area contributed by atoms with Crippen LogP contribution in [0.2, 0.25) is 5.02 Å². The first-order chi connectivity index (χ1) is 15.1. The van der Waals surface area contributed by atoms with E-state index in [2.05, 4.69) is 15.3 Å². The molecule has 1 atom stereocenters. The Morgan fingerprint density at radius 1 is 1.13 bits per heavy atom. The van der Waals surface area contributed by atoms with E-state index in [1.165, 1.54) is 0 Å². The Labute approximate surface area is 187 Å². The number of nitrogens with one attached hydrogen (secondary N) is 1. The highest BCUT2D eigenvalue weighted by Gasteiger charge is 2.25. The van der Waals surface area contributed by atoms with E-state index in [1.807, 2.05) is 67.1 Å². The van der Waals surface area contributed by atoms with Gasteiger partial charge in [-0.15, -0.1) is 0 Å². The third-order valence-corrected chi connectivity index (χ3v) is 6.15. The van der Waals surface area contributed by atoms with Gasteiger partial charge < -0.3 is 10.1 Å². The monoisotopic (exact) mass is 438 g/mol. The minimum absolute atomic E-state index is 0.0201. The van der Waals surface area contributed by atoms with Crippen LogP contribution in [0.4, 0.5) is 0 Å². The zero-order valence-electron chi connectivity index (χ0n) is 17.8. The molecule has 2 heterocycles. The van der Waals surface area contributed by atoms with Crippen molar-refractivity contribution in [3.05, 3.63) is 82.1 Å². The third kappa shape index (κ3) is 4.66. The molecule has 0 aliphatic carbocycles. The highest BCUT2D eigenvalue weighted by Crippen LogP contribution is 2.28. The Morgan fingerprint density at radius 3 is 2.58 bits per heavy atom. The molecule has 0 bridgehead atoms. The van der Waals surface area contributed by atoms with Gasteiger partial charge in [0.25, 0.3) is 5.91 Å². The zero-order chi connectivity index (χ0) is 21.8. The normalized spacial score (nSPS) is 15.6. The van der Waals surface area contributed by atoms with Crippen LogP contribution in [0.3, 0.4) is 0 Å². The number of benzene rings is 2. The Bertz CT molecular complexity index is 1060. The van der Waals surface area contributed by atoms with E-state index in [9.17, 15) is 4.79 Å². The van der Waals surface area contributed by atoms with Gasteiger partial charge in [-0.25, -0.2) is 4.68 Å². The summed E-state index contributed by atoms with van der Waals surface area (Å²) >= 11 is 6.50. The molecule has 2 aromatic carbocycles. The van der Waals surface area contributed by atoms with Gasteiger partial charge in [-0.05, 0) is 37.1 Å². The summed E-state index contributed by atoms with van der Waals surface area (Å²) in [6, 6.07) is 15.8. The molecule has 0 spiro atoms. The standard InChI is InChI=1S/C24H27ClN4O2/c1-17-7-3-6-10-22(17)29-18(2)20(15-27-29)24(30)26-16-23(28-11-13-31-14-12-28)19-8-4-5-9-21(19)25/h3-10,15,23H,11-14,16H2,1-2H3,(H,26,30). The van der Waals surface area contributed by atoms with E-state index in [4.69, 9.17) is 16.3 Å². The van der Waals surface area contributed by atoms with Crippen molar-refractivity contribution >= 4 is 17.5 Å². The molecule has 3 aromatic rings. The second-order valence-electron chi connectivity index (χ2n) is 7.74. The number of ether oxygens (including phenoxy) is 1. The lowest BCUT2D eigenvalue weighted by Crippen LogP contribution is -2.44. The summed E-state index contributed by atoms with van der Waals surface area (Å²) in [5.74, 6) is -0.136. The molecule has 1 N–H and O–H groups in total. The largest absolute Gasteiger partial charge is 0.379 e. The maximum Gasteiger partial charge on any atom is 0.254 e. The number of hydrogen-bond acceptors (Lipinski definition) is 4. The molecule has 1 aliphatic rings. The topological polar surface area (TPSA) is 59.4 Å². The second kappa shape index (κ2) is 9.64. The van der Waals surface area contributed by atoms with Crippen LogP contribution in [-0.4, -0.2) is 53.4 Å². The number of hydrogen-bond donors (Lipinski definition) is 1. The molecule has 1 aromatic heterocycles. The van der Waals surface area contributed by atoms with E-state index < -0.39 is 0 Å². The molecular formula is C24H27ClN4O2. The van der Waals surface area contributed by atoms with Gasteiger partial charge in [-0.1, -0.05) is 48.0 Å². The molecule has 31 heavy (non-hydrogen) atoms. The highest BCUT2D eigenvalue weighted by atomic mass is 35.5. The number of halogens is 1. The first kappa shape index (κ1) is 21.6. The minimum Gasteiger partial charge on any atom is -0.379 e. The average molecular weight is 439 g/mol. The number of aromatic nitrogens is 2. The third-order valence-electron chi connectivity index (χ3n) is 5.80. The fourth-order valence-corrected chi connectivity index (χ4v) is 4.29. The molecule has 1 amide bonds. The van der Waals surface area contributed by atoms with Gasteiger partial charge >= 0.3 is 0 Å². The number of carbonyl (C=O) groups is 1. The van der Waals surface area contributed by atoms with E-state index in [0.717, 1.165) is 35.6 Å². The first-order valence-electron chi connectivity index (χ1n) is 10.5. The molecule has 1 aliphatic heterocycles. The molecule has 4 rings (SSSR count). The van der Waals surface area contributed by atoms with E-state index in [-0.39, 0.29) is 11.9 Å². The minimum atomic E-state index is -0.136. The van der Waals surface area contributed by atoms with Gasteiger partial charge in [-0.3, -0.25) is 9.69 Å². The smallest absolute Gasteiger partial charge is 0.254 e. The number of amides is 1. The summed E-state index contributed by atoms with van der Waals surface area (Å²) in [5, 5.41) is 8.28. The van der Waals surface area contributed by atoms with Gasteiger partial charge in [0, 0.05) is 24.7 Å². The summed E-state index contributed by atoms with van der Waals surface area (Å²) in [4.78, 5) is 15.4. The number of rotatable bonds is 6. The van der Waals surface area contributed by atoms with Gasteiger partial charge in [0.05, 0.1) is 42.4 Å². The van der Waals surface area contributed by atoms with Gasteiger partial charge in [0.2, 0.25) is 0 Å². The number of para-hydroxylation sites is 1. The second-order valence-corrected chi connectivity index (χ2v) is 8.14. The van der Waals surface area contributed by atoms with Crippen molar-refractivity contribution in [2.24, 2.45) is 0 Å². The number of morpholine rings is 1. The molecule has 6 nitrogen and oxygen atoms in total. The molecule has 1 saturated heterocycles. The van der Waals surface area contributed by atoms with Crippen LogP contribution in [-0.2, 0) is 4.74 Å². The average Bonchev–Trinajstić information content (AvgIpc) is 3.17. The van der Waals surface area contributed by atoms with Crippen molar-refractivity contribution in [2.45, 2.75) is 19.9 Å². The maximum absolute atomic E-state index is 13.1. The van der Waals surface area contributed by atoms with E-state index in [0.29, 0.717) is 30.3 Å². The summed E-state index contributed by atoms with van der Waals surface area (Å²) < 4.78 is 7.33. The van der Waals surface area contributed by atoms with Crippen LogP contribution in [0.15, 0.2) is 54.7 Å². The molecule has 162 valence electrons. The molecule has 0 radical (unpaired) electrons. The Kier molecular flexibility index (Phi) is 6.70. The lowest BCUT2D eigenvalue weighted by molar-refractivity contribution is 0.0162. The molecular weight excluding hydrogens is 412 g/mol. The molecule has 1 fully saturated rings. The van der Waals surface area contributed by atoms with Crippen molar-refractivity contribution in [1.29, 1.82) is 0 Å². The lowest BCUT2D eigenvalue weighted by atomic mass is 10.0. The van der Waals surface area contributed by atoms with Gasteiger partial charge in [0.1, 0.15) is 0 Å². The lowest BCUT2D eigenvalue weighted by Gasteiger charge is -2.35. The van der Waals surface area contributed by atoms with Crippen molar-refractivity contribution in [1.82, 2.24) is 20.0 Å². The van der Waals surface area contributed by atoms with E-state index in [1.54, 1.807) is 6.20 Å². The summed E-state index contributed by atoms with van der Waals surface area (Å²) in [6.07, 6.45) is 1.64. The van der Waals surface area contributed by atoms with Crippen molar-refractivity contribution in [3.8, 4) is 5.69 Å². The first-order valence-corrected chi connectivity index (χ1v) is 10.9. The predicted molar refractivity (Wildman–Crippen MR) is 122 cm³/mol. The van der Waals surface area contributed by atoms with Crippen molar-refractivity contribution in [2.75, 3.05) is 32.8 Å². The number of nitrogens with zero attached hydrogens (tertiary/aromatic N) is 3. The fourth-order valence-electron chi connectivity index (χ4n) is 4.03. The predicted octanol–water partition coefficient (Wildman–Crippen LogP) is 3.95. The molecule has 7 heteroatoms. The van der Waals surface area contributed by atoms with Crippen LogP contribution >= 0.6 is 11.6 Å². The van der Waals surface area contributed by atoms with Crippen LogP contribution in [0.5, 0.6) is 0 Å². The van der Waals surface area contributed by atoms with Crippen molar-refractivity contribution < 1.29 is 9.53 Å². The summed E-state index contributed by atoms with van der Waals surface area (Å²) in [5.41, 5.74) is 4.47. The van der Waals surface area contributed by atoms with Crippen molar-refractivity contribution in [3.63, 3.8) is 0 Å². The van der Waals surface area contributed by atoms with Crippen LogP contribution < -0.4 is 5.32 Å². The quantitative estimate of drug-likeness (QED) is 0.633. The molecule has 1 unspecified atom stereocenters. The highest BCUT2D eigenvalue weighted by molar-refractivity contribution is 6.31. The van der Waals surface area contributed by atoms with Crippen LogP contribution in [0.1, 0.15) is 33.2 Å². The van der Waals surface area contributed by atoms with Gasteiger partial charge in [-0.2, -0.15) is 5.10 Å². The maximum atomic E-state index is 13.1. The molecule has 0 saturated carbocycles. The van der Waals surface area contributed by atoms with Crippen LogP contribution in [0, 0.1) is 13.8 Å². The summed E-state index contributed by atoms with van der Waals surface area (Å²) in [7, 11) is 0. The number of aryl methyl sites for hydroxylation is 1. The SMILES string of the molecule is Cc1ccccc1-n1ncc(C(=O)NCC(c2ccccc2Cl)N2CCOCC2)c1C. The summed E-state index contributed by atoms with van der Waals surface area (Å²) in [6.45, 7) is 7.37. The van der Waals surface area contributed by atoms with Crippen LogP contribution in [0.25, 0.3) is 5.69 Å². The zero-order valence-corrected chi connectivity index (χ0v) is 18.6. The van der Waals surface area contributed by atoms with E-state index >= 15 is 0 Å².